The van der Waals surface area contributed by atoms with Crippen LogP contribution in [0, 0.1) is 0 Å². The van der Waals surface area contributed by atoms with Crippen LogP contribution in [0.15, 0.2) is 82.6 Å². The first-order valence-corrected chi connectivity index (χ1v) is 10.2. The van der Waals surface area contributed by atoms with Crippen molar-refractivity contribution in [2.45, 2.75) is 14.4 Å². The molecule has 0 saturated heterocycles. The van der Waals surface area contributed by atoms with Crippen LogP contribution >= 0.6 is 35.1 Å². The predicted molar refractivity (Wildman–Crippen MR) is 112 cm³/mol. The summed E-state index contributed by atoms with van der Waals surface area (Å²) in [6.45, 7) is 0. The van der Waals surface area contributed by atoms with Crippen molar-refractivity contribution in [3.63, 3.8) is 0 Å². The van der Waals surface area contributed by atoms with Gasteiger partial charge in [-0.05, 0) is 66.2 Å². The molecule has 3 aromatic carbocycles. The Labute approximate surface area is 167 Å². The lowest BCUT2D eigenvalue weighted by molar-refractivity contribution is 0.414. The van der Waals surface area contributed by atoms with E-state index in [1.165, 1.54) is 15.4 Å². The van der Waals surface area contributed by atoms with Crippen LogP contribution in [-0.4, -0.2) is 14.2 Å². The Hall–Kier alpha value is -1.75. The molecule has 0 heterocycles. The zero-order valence-electron chi connectivity index (χ0n) is 14.5. The Morgan fingerprint density at radius 1 is 0.654 bits per heavy atom. The van der Waals surface area contributed by atoms with Gasteiger partial charge in [-0.2, -0.15) is 0 Å². The molecule has 3 rings (SSSR count). The monoisotopic (exact) mass is 402 g/mol. The van der Waals surface area contributed by atoms with Crippen molar-refractivity contribution in [3.8, 4) is 11.5 Å². The van der Waals surface area contributed by atoms with Crippen LogP contribution in [0.25, 0.3) is 0 Å². The molecule has 0 bridgehead atoms. The van der Waals surface area contributed by atoms with Crippen LogP contribution < -0.4 is 9.47 Å². The number of rotatable bonds is 7. The van der Waals surface area contributed by atoms with Crippen LogP contribution in [0.2, 0.25) is 5.02 Å². The van der Waals surface area contributed by atoms with Gasteiger partial charge in [0.05, 0.1) is 18.8 Å². The second kappa shape index (κ2) is 9.26. The minimum absolute atomic E-state index is 0.203. The van der Waals surface area contributed by atoms with E-state index >= 15 is 0 Å². The van der Waals surface area contributed by atoms with Crippen molar-refractivity contribution in [1.29, 1.82) is 0 Å². The molecule has 0 spiro atoms. The minimum atomic E-state index is 0.203. The summed E-state index contributed by atoms with van der Waals surface area (Å²) in [4.78, 5) is 2.37. The molecule has 0 aliphatic rings. The van der Waals surface area contributed by atoms with Gasteiger partial charge in [-0.25, -0.2) is 0 Å². The van der Waals surface area contributed by atoms with Crippen molar-refractivity contribution >= 4 is 35.1 Å². The molecule has 2 nitrogen and oxygen atoms in total. The molecule has 0 radical (unpaired) electrons. The molecule has 134 valence electrons. The lowest BCUT2D eigenvalue weighted by Crippen LogP contribution is -1.90. The van der Waals surface area contributed by atoms with Gasteiger partial charge in [-0.15, -0.1) is 23.5 Å². The average Bonchev–Trinajstić information content (AvgIpc) is 2.69. The molecule has 0 aromatic heterocycles. The smallest absolute Gasteiger partial charge is 0.118 e. The van der Waals surface area contributed by atoms with E-state index in [2.05, 4.69) is 36.4 Å². The average molecular weight is 403 g/mol. The van der Waals surface area contributed by atoms with Gasteiger partial charge in [0.1, 0.15) is 11.5 Å². The van der Waals surface area contributed by atoms with Crippen molar-refractivity contribution < 1.29 is 9.47 Å². The molecule has 0 amide bonds. The minimum Gasteiger partial charge on any atom is -0.497 e. The van der Waals surface area contributed by atoms with E-state index in [4.69, 9.17) is 21.1 Å². The molecule has 0 aliphatic heterocycles. The third-order valence-corrected chi connectivity index (χ3v) is 6.64. The summed E-state index contributed by atoms with van der Waals surface area (Å²) in [5.41, 5.74) is 1.22. The second-order valence-electron chi connectivity index (χ2n) is 5.47. The zero-order chi connectivity index (χ0) is 18.4. The lowest BCUT2D eigenvalue weighted by atomic mass is 10.2. The van der Waals surface area contributed by atoms with Crippen molar-refractivity contribution in [2.75, 3.05) is 14.2 Å². The first-order chi connectivity index (χ1) is 12.7. The van der Waals surface area contributed by atoms with Crippen LogP contribution in [0.1, 0.15) is 10.1 Å². The van der Waals surface area contributed by atoms with Gasteiger partial charge in [0.25, 0.3) is 0 Å². The summed E-state index contributed by atoms with van der Waals surface area (Å²) in [5.74, 6) is 1.72. The maximum atomic E-state index is 6.06. The van der Waals surface area contributed by atoms with E-state index in [0.29, 0.717) is 0 Å². The fraction of sp³-hybridized carbons (Fsp3) is 0.143. The van der Waals surface area contributed by atoms with E-state index in [1.54, 1.807) is 37.7 Å². The number of benzene rings is 3. The van der Waals surface area contributed by atoms with E-state index < -0.39 is 0 Å². The number of hydrogen-bond acceptors (Lipinski definition) is 4. The quantitative estimate of drug-likeness (QED) is 0.314. The normalized spacial score (nSPS) is 10.8. The standard InChI is InChI=1S/C21H19ClO2S2/c1-23-17-7-11-19(12-8-17)25-21(15-3-5-16(22)6-4-15)26-20-13-9-18(24-2)10-14-20/h3-14,21H,1-2H3. The SMILES string of the molecule is COc1ccc(SC(Sc2ccc(OC)cc2)c2ccc(Cl)cc2)cc1. The molecular weight excluding hydrogens is 384 g/mol. The third kappa shape index (κ3) is 5.13. The van der Waals surface area contributed by atoms with E-state index in [-0.39, 0.29) is 4.58 Å². The van der Waals surface area contributed by atoms with E-state index in [9.17, 15) is 0 Å². The summed E-state index contributed by atoms with van der Waals surface area (Å²) < 4.78 is 10.7. The Morgan fingerprint density at radius 3 is 1.46 bits per heavy atom. The lowest BCUT2D eigenvalue weighted by Gasteiger charge is -2.17. The highest BCUT2D eigenvalue weighted by atomic mass is 35.5. The molecule has 26 heavy (non-hydrogen) atoms. The first kappa shape index (κ1) is 19.0. The maximum absolute atomic E-state index is 6.06. The van der Waals surface area contributed by atoms with Crippen LogP contribution in [0.4, 0.5) is 0 Å². The molecule has 0 unspecified atom stereocenters. The number of methoxy groups -OCH3 is 2. The number of thioether (sulfide) groups is 2. The van der Waals surface area contributed by atoms with Crippen molar-refractivity contribution in [3.05, 3.63) is 83.4 Å². The van der Waals surface area contributed by atoms with Gasteiger partial charge in [-0.1, -0.05) is 23.7 Å². The number of halogens is 1. The first-order valence-electron chi connectivity index (χ1n) is 8.05. The molecule has 0 atom stereocenters. The van der Waals surface area contributed by atoms with E-state index in [0.717, 1.165) is 16.5 Å². The highest BCUT2D eigenvalue weighted by Gasteiger charge is 2.15. The van der Waals surface area contributed by atoms with Crippen LogP contribution in [0.5, 0.6) is 11.5 Å². The summed E-state index contributed by atoms with van der Waals surface area (Å²) in [5, 5.41) is 0.747. The molecule has 5 heteroatoms. The van der Waals surface area contributed by atoms with Crippen molar-refractivity contribution in [2.24, 2.45) is 0 Å². The molecule has 3 aromatic rings. The third-order valence-electron chi connectivity index (χ3n) is 3.75. The largest absolute Gasteiger partial charge is 0.497 e. The fourth-order valence-corrected chi connectivity index (χ4v) is 4.99. The zero-order valence-corrected chi connectivity index (χ0v) is 16.9. The summed E-state index contributed by atoms with van der Waals surface area (Å²) in [7, 11) is 3.36. The van der Waals surface area contributed by atoms with Gasteiger partial charge in [0.15, 0.2) is 0 Å². The molecule has 0 saturated carbocycles. The Balaban J connectivity index is 1.83. The van der Waals surface area contributed by atoms with Gasteiger partial charge < -0.3 is 9.47 Å². The highest BCUT2D eigenvalue weighted by Crippen LogP contribution is 2.47. The van der Waals surface area contributed by atoms with Gasteiger partial charge in [-0.3, -0.25) is 0 Å². The maximum Gasteiger partial charge on any atom is 0.118 e. The second-order valence-corrected chi connectivity index (χ2v) is 8.56. The van der Waals surface area contributed by atoms with E-state index in [1.807, 2.05) is 36.4 Å². The fourth-order valence-electron chi connectivity index (χ4n) is 2.34. The van der Waals surface area contributed by atoms with Crippen molar-refractivity contribution in [1.82, 2.24) is 0 Å². The number of hydrogen-bond donors (Lipinski definition) is 0. The summed E-state index contributed by atoms with van der Waals surface area (Å²) in [6, 6.07) is 24.3. The summed E-state index contributed by atoms with van der Waals surface area (Å²) >= 11 is 9.67. The predicted octanol–water partition coefficient (Wildman–Crippen LogP) is 6.94. The van der Waals surface area contributed by atoms with Gasteiger partial charge in [0, 0.05) is 14.8 Å². The van der Waals surface area contributed by atoms with Gasteiger partial charge in [0.2, 0.25) is 0 Å². The molecular formula is C21H19ClO2S2. The van der Waals surface area contributed by atoms with Crippen LogP contribution in [0.3, 0.4) is 0 Å². The molecule has 0 aliphatic carbocycles. The number of ether oxygens (including phenoxy) is 2. The van der Waals surface area contributed by atoms with Gasteiger partial charge >= 0.3 is 0 Å². The Kier molecular flexibility index (Phi) is 6.78. The van der Waals surface area contributed by atoms with Crippen LogP contribution in [-0.2, 0) is 0 Å². The Bertz CT molecular complexity index is 769. The summed E-state index contributed by atoms with van der Waals surface area (Å²) in [6.07, 6.45) is 0. The Morgan fingerprint density at radius 2 is 1.08 bits per heavy atom. The highest BCUT2D eigenvalue weighted by molar-refractivity contribution is 8.16. The molecule has 0 N–H and O–H groups in total. The topological polar surface area (TPSA) is 18.5 Å². The molecule has 0 fully saturated rings.